The quantitative estimate of drug-likeness (QED) is 0.482. The third-order valence-corrected chi connectivity index (χ3v) is 9.69. The van der Waals surface area contributed by atoms with Crippen LogP contribution in [0, 0.1) is 5.92 Å². The van der Waals surface area contributed by atoms with Gasteiger partial charge in [0.2, 0.25) is 5.91 Å². The number of pyridine rings is 1. The minimum absolute atomic E-state index is 0.0193. The number of carbonyl (C=O) groups excluding carboxylic acids is 2. The second kappa shape index (κ2) is 12.2. The van der Waals surface area contributed by atoms with Crippen LogP contribution in [0.25, 0.3) is 0 Å². The Morgan fingerprint density at radius 3 is 2.43 bits per heavy atom. The molecule has 4 aliphatic rings. The lowest BCUT2D eigenvalue weighted by molar-refractivity contribution is -0.119. The third kappa shape index (κ3) is 6.27. The number of hydrogen-bond donors (Lipinski definition) is 2. The van der Waals surface area contributed by atoms with Crippen LogP contribution in [0.1, 0.15) is 69.7 Å². The van der Waals surface area contributed by atoms with Gasteiger partial charge in [-0.2, -0.15) is 0 Å². The number of fused-ring (bicyclic) bond motifs is 1. The van der Waals surface area contributed by atoms with Crippen molar-refractivity contribution in [2.45, 2.75) is 83.5 Å². The van der Waals surface area contributed by atoms with Crippen molar-refractivity contribution >= 4 is 34.8 Å². The number of benzene rings is 1. The van der Waals surface area contributed by atoms with E-state index >= 15 is 0 Å². The molecule has 6 rings (SSSR count). The van der Waals surface area contributed by atoms with Crippen LogP contribution in [0.4, 0.5) is 23.0 Å². The normalized spacial score (nSPS) is 25.5. The first-order chi connectivity index (χ1) is 20.3. The number of nitrogens with zero attached hydrogens (tertiary/aromatic N) is 5. The molecule has 0 spiro atoms. The molecule has 0 radical (unpaired) electrons. The predicted molar refractivity (Wildman–Crippen MR) is 169 cm³/mol. The van der Waals surface area contributed by atoms with Gasteiger partial charge in [0.25, 0.3) is 5.91 Å². The van der Waals surface area contributed by atoms with Crippen LogP contribution in [0.3, 0.4) is 0 Å². The van der Waals surface area contributed by atoms with Crippen molar-refractivity contribution < 1.29 is 9.59 Å². The maximum Gasteiger partial charge on any atom is 0.251 e. The van der Waals surface area contributed by atoms with Gasteiger partial charge in [-0.3, -0.25) is 14.5 Å². The lowest BCUT2D eigenvalue weighted by Gasteiger charge is -2.42. The van der Waals surface area contributed by atoms with Crippen LogP contribution >= 0.6 is 0 Å². The first-order valence-corrected chi connectivity index (χ1v) is 16.0. The zero-order chi connectivity index (χ0) is 29.4. The summed E-state index contributed by atoms with van der Waals surface area (Å²) < 4.78 is 0. The molecule has 2 aliphatic heterocycles. The number of aromatic nitrogens is 1. The fraction of sp³-hybridized carbons (Fsp3) is 0.606. The van der Waals surface area contributed by atoms with Crippen molar-refractivity contribution in [2.24, 2.45) is 5.92 Å². The summed E-state index contributed by atoms with van der Waals surface area (Å²) in [7, 11) is 1.80. The van der Waals surface area contributed by atoms with Crippen LogP contribution in [-0.4, -0.2) is 90.5 Å². The number of nitrogens with one attached hydrogen (secondary N) is 2. The molecule has 2 amide bonds. The molecule has 2 aliphatic carbocycles. The molecule has 1 saturated heterocycles. The van der Waals surface area contributed by atoms with E-state index in [0.717, 1.165) is 48.8 Å². The first kappa shape index (κ1) is 28.9. The molecule has 0 unspecified atom stereocenters. The maximum atomic E-state index is 13.2. The molecule has 2 aromatic rings. The Morgan fingerprint density at radius 2 is 1.74 bits per heavy atom. The van der Waals surface area contributed by atoms with Crippen molar-refractivity contribution in [1.29, 1.82) is 0 Å². The topological polar surface area (TPSA) is 84.1 Å². The van der Waals surface area contributed by atoms with Gasteiger partial charge >= 0.3 is 0 Å². The van der Waals surface area contributed by atoms with E-state index in [-0.39, 0.29) is 29.9 Å². The number of likely N-dealkylation sites (N-methyl/N-ethyl adjacent to an activating group) is 1. The molecule has 2 saturated carbocycles. The molecule has 3 fully saturated rings. The Kier molecular flexibility index (Phi) is 8.41. The monoisotopic (exact) mass is 573 g/mol. The minimum atomic E-state index is -0.283. The van der Waals surface area contributed by atoms with Crippen LogP contribution in [0.15, 0.2) is 36.4 Å². The van der Waals surface area contributed by atoms with E-state index < -0.39 is 0 Å². The van der Waals surface area contributed by atoms with Gasteiger partial charge in [-0.1, -0.05) is 6.07 Å². The smallest absolute Gasteiger partial charge is 0.251 e. The summed E-state index contributed by atoms with van der Waals surface area (Å²) in [6.45, 7) is 12.2. The molecule has 2 N–H and O–H groups in total. The Bertz CT molecular complexity index is 1280. The van der Waals surface area contributed by atoms with Crippen LogP contribution in [0.2, 0.25) is 0 Å². The molecular weight excluding hydrogens is 526 g/mol. The van der Waals surface area contributed by atoms with Crippen molar-refractivity contribution in [3.63, 3.8) is 0 Å². The minimum Gasteiger partial charge on any atom is -0.349 e. The fourth-order valence-electron chi connectivity index (χ4n) is 7.07. The first-order valence-electron chi connectivity index (χ1n) is 16.0. The summed E-state index contributed by atoms with van der Waals surface area (Å²) in [5.41, 5.74) is 2.26. The predicted octanol–water partition coefficient (Wildman–Crippen LogP) is 4.47. The van der Waals surface area contributed by atoms with Crippen LogP contribution < -0.4 is 20.4 Å². The van der Waals surface area contributed by atoms with E-state index in [4.69, 9.17) is 4.98 Å². The van der Waals surface area contributed by atoms with E-state index in [1.165, 1.54) is 45.6 Å². The standard InChI is InChI=1S/C33H47N7O2/c1-22(2)40-23(3)33(42)37(4)29-14-15-30(36-31(29)40)34-27-7-5-6-25(20-27)32(41)35-26-10-12-28(13-11-26)39-18-16-38(17-19-39)21-24-8-9-24/h5-7,14-15,20,22-24,26,28H,8-13,16-19,21H2,1-4H3,(H,34,36)(H,35,41)/t23-,26?,28?/m1/s1. The molecule has 42 heavy (non-hydrogen) atoms. The van der Waals surface area contributed by atoms with Gasteiger partial charge in [-0.15, -0.1) is 0 Å². The van der Waals surface area contributed by atoms with Gasteiger partial charge in [0.05, 0.1) is 5.69 Å². The van der Waals surface area contributed by atoms with Gasteiger partial charge in [0.1, 0.15) is 11.9 Å². The van der Waals surface area contributed by atoms with E-state index in [2.05, 4.69) is 39.2 Å². The summed E-state index contributed by atoms with van der Waals surface area (Å²) in [5.74, 6) is 2.48. The van der Waals surface area contributed by atoms with E-state index in [0.29, 0.717) is 17.4 Å². The van der Waals surface area contributed by atoms with E-state index in [9.17, 15) is 9.59 Å². The maximum absolute atomic E-state index is 13.2. The molecule has 9 nitrogen and oxygen atoms in total. The Labute approximate surface area is 250 Å². The molecule has 1 aromatic carbocycles. The van der Waals surface area contributed by atoms with Crippen molar-refractivity contribution in [3.05, 3.63) is 42.0 Å². The largest absolute Gasteiger partial charge is 0.349 e. The summed E-state index contributed by atoms with van der Waals surface area (Å²) in [4.78, 5) is 40.0. The molecule has 0 bridgehead atoms. The summed E-state index contributed by atoms with van der Waals surface area (Å²) >= 11 is 0. The Hall–Kier alpha value is -3.17. The van der Waals surface area contributed by atoms with Gasteiger partial charge in [-0.25, -0.2) is 4.98 Å². The number of piperazine rings is 1. The Morgan fingerprint density at radius 1 is 1.00 bits per heavy atom. The highest BCUT2D eigenvalue weighted by molar-refractivity contribution is 6.04. The van der Waals surface area contributed by atoms with Gasteiger partial charge in [0, 0.05) is 69.1 Å². The number of hydrogen-bond acceptors (Lipinski definition) is 7. The zero-order valence-corrected chi connectivity index (χ0v) is 25.7. The highest BCUT2D eigenvalue weighted by Gasteiger charge is 2.36. The van der Waals surface area contributed by atoms with Gasteiger partial charge in [-0.05, 0) is 95.5 Å². The molecule has 1 atom stereocenters. The Balaban J connectivity index is 1.03. The number of amides is 2. The highest BCUT2D eigenvalue weighted by atomic mass is 16.2. The summed E-state index contributed by atoms with van der Waals surface area (Å²) in [6.07, 6.45) is 7.26. The molecular formula is C33H47N7O2. The lowest BCUT2D eigenvalue weighted by atomic mass is 9.89. The van der Waals surface area contributed by atoms with E-state index in [1.807, 2.05) is 43.3 Å². The molecule has 226 valence electrons. The molecule has 3 heterocycles. The molecule has 9 heteroatoms. The summed E-state index contributed by atoms with van der Waals surface area (Å²) in [6, 6.07) is 12.2. The zero-order valence-electron chi connectivity index (χ0n) is 25.7. The second-order valence-electron chi connectivity index (χ2n) is 13.1. The second-order valence-corrected chi connectivity index (χ2v) is 13.1. The van der Waals surface area contributed by atoms with E-state index in [1.54, 1.807) is 11.9 Å². The lowest BCUT2D eigenvalue weighted by Crippen LogP contribution is -2.53. The van der Waals surface area contributed by atoms with Crippen molar-refractivity contribution in [3.8, 4) is 0 Å². The fourth-order valence-corrected chi connectivity index (χ4v) is 7.07. The van der Waals surface area contributed by atoms with Gasteiger partial charge in [0.15, 0.2) is 5.82 Å². The highest BCUT2D eigenvalue weighted by Crippen LogP contribution is 2.36. The summed E-state index contributed by atoms with van der Waals surface area (Å²) in [5, 5.41) is 6.69. The molecule has 1 aromatic heterocycles. The van der Waals surface area contributed by atoms with Gasteiger partial charge < -0.3 is 25.3 Å². The van der Waals surface area contributed by atoms with Crippen molar-refractivity contribution in [2.75, 3.05) is 54.9 Å². The van der Waals surface area contributed by atoms with Crippen molar-refractivity contribution in [1.82, 2.24) is 20.1 Å². The number of carbonyl (C=O) groups is 2. The number of anilines is 4. The SMILES string of the molecule is CC(C)N1c2nc(Nc3cccc(C(=O)NC4CCC(N5CCN(CC6CC6)CC5)CC4)c3)ccc2N(C)C(=O)[C@H]1C. The number of rotatable bonds is 8. The average Bonchev–Trinajstić information content (AvgIpc) is 3.81. The average molecular weight is 574 g/mol. The third-order valence-electron chi connectivity index (χ3n) is 9.69. The van der Waals surface area contributed by atoms with Crippen LogP contribution in [0.5, 0.6) is 0 Å². The van der Waals surface area contributed by atoms with Crippen LogP contribution in [-0.2, 0) is 4.79 Å².